The summed E-state index contributed by atoms with van der Waals surface area (Å²) >= 11 is 0. The minimum atomic E-state index is -4.42. The number of pyridine rings is 1. The van der Waals surface area contributed by atoms with E-state index in [4.69, 9.17) is 4.74 Å². The second kappa shape index (κ2) is 9.62. The van der Waals surface area contributed by atoms with Gasteiger partial charge in [-0.3, -0.25) is 9.67 Å². The molecule has 0 spiro atoms. The maximum absolute atomic E-state index is 12.4. The average molecular weight is 412 g/mol. The maximum Gasteiger partial charge on any atom is 0.422 e. The zero-order valence-corrected chi connectivity index (χ0v) is 17.3. The number of halogens is 3. The number of hydrogen-bond donors (Lipinski definition) is 1. The van der Waals surface area contributed by atoms with E-state index in [1.165, 1.54) is 6.20 Å². The molecule has 2 aromatic heterocycles. The first-order chi connectivity index (χ1) is 13.6. The second-order valence-electron chi connectivity index (χ2n) is 7.00. The fourth-order valence-corrected chi connectivity index (χ4v) is 2.89. The van der Waals surface area contributed by atoms with Gasteiger partial charge < -0.3 is 15.0 Å². The van der Waals surface area contributed by atoms with E-state index in [1.54, 1.807) is 23.9 Å². The predicted octanol–water partition coefficient (Wildman–Crippen LogP) is 3.09. The number of aromatic nitrogens is 3. The summed E-state index contributed by atoms with van der Waals surface area (Å²) in [5, 5.41) is 7.65. The normalized spacial score (nSPS) is 12.4. The van der Waals surface area contributed by atoms with Gasteiger partial charge in [-0.05, 0) is 12.0 Å². The number of aliphatic imine (C=N–C) groups is 1. The molecular formula is C19H27F3N6O. The molecule has 10 heteroatoms. The van der Waals surface area contributed by atoms with Crippen LogP contribution in [0, 0.1) is 0 Å². The van der Waals surface area contributed by atoms with Crippen LogP contribution in [0.2, 0.25) is 0 Å². The van der Waals surface area contributed by atoms with Gasteiger partial charge in [0, 0.05) is 57.8 Å². The van der Waals surface area contributed by atoms with Crippen molar-refractivity contribution in [1.82, 2.24) is 25.0 Å². The van der Waals surface area contributed by atoms with Crippen LogP contribution in [-0.2, 0) is 20.1 Å². The van der Waals surface area contributed by atoms with E-state index in [1.807, 2.05) is 25.2 Å². The molecule has 0 radical (unpaired) electrons. The number of ether oxygens (including phenoxy) is 1. The van der Waals surface area contributed by atoms with Crippen LogP contribution in [0.25, 0.3) is 0 Å². The number of hydrogen-bond acceptors (Lipinski definition) is 4. The molecule has 0 atom stereocenters. The Morgan fingerprint density at radius 1 is 1.34 bits per heavy atom. The summed E-state index contributed by atoms with van der Waals surface area (Å²) in [6.45, 7) is 3.60. The zero-order valence-electron chi connectivity index (χ0n) is 17.3. The molecule has 0 aromatic carbocycles. The van der Waals surface area contributed by atoms with Crippen molar-refractivity contribution in [2.75, 3.05) is 20.7 Å². The minimum absolute atomic E-state index is 0.0511. The van der Waals surface area contributed by atoms with Crippen molar-refractivity contribution in [3.05, 3.63) is 41.3 Å². The summed E-state index contributed by atoms with van der Waals surface area (Å²) in [7, 11) is 5.42. The highest BCUT2D eigenvalue weighted by Crippen LogP contribution is 2.21. The van der Waals surface area contributed by atoms with Gasteiger partial charge in [0.05, 0.1) is 5.69 Å². The van der Waals surface area contributed by atoms with E-state index in [2.05, 4.69) is 34.2 Å². The van der Waals surface area contributed by atoms with Crippen LogP contribution in [0.15, 0.2) is 29.5 Å². The Hall–Kier alpha value is -2.78. The predicted molar refractivity (Wildman–Crippen MR) is 105 cm³/mol. The summed E-state index contributed by atoms with van der Waals surface area (Å²) in [6, 6.07) is 3.31. The average Bonchev–Trinajstić information content (AvgIpc) is 3.01. The molecule has 0 saturated carbocycles. The fourth-order valence-electron chi connectivity index (χ4n) is 2.89. The van der Waals surface area contributed by atoms with Crippen molar-refractivity contribution in [2.24, 2.45) is 12.0 Å². The molecule has 1 N–H and O–H groups in total. The smallest absolute Gasteiger partial charge is 0.422 e. The van der Waals surface area contributed by atoms with Gasteiger partial charge in [-0.2, -0.15) is 18.3 Å². The van der Waals surface area contributed by atoms with Crippen LogP contribution in [0.5, 0.6) is 5.88 Å². The summed E-state index contributed by atoms with van der Waals surface area (Å²) in [4.78, 5) is 10.1. The Morgan fingerprint density at radius 2 is 2.07 bits per heavy atom. The quantitative estimate of drug-likeness (QED) is 0.559. The molecule has 0 unspecified atom stereocenters. The van der Waals surface area contributed by atoms with Crippen LogP contribution >= 0.6 is 0 Å². The largest absolute Gasteiger partial charge is 0.468 e. The van der Waals surface area contributed by atoms with Gasteiger partial charge in [0.25, 0.3) is 0 Å². The molecule has 0 aliphatic rings. The van der Waals surface area contributed by atoms with Crippen LogP contribution < -0.4 is 10.1 Å². The van der Waals surface area contributed by atoms with Gasteiger partial charge in [0.1, 0.15) is 0 Å². The maximum atomic E-state index is 12.4. The van der Waals surface area contributed by atoms with Crippen molar-refractivity contribution in [3.8, 4) is 5.88 Å². The van der Waals surface area contributed by atoms with Crippen LogP contribution in [-0.4, -0.2) is 52.5 Å². The van der Waals surface area contributed by atoms with Crippen LogP contribution in [0.3, 0.4) is 0 Å². The Bertz CT molecular complexity index is 832. The first-order valence-corrected chi connectivity index (χ1v) is 9.18. The lowest BCUT2D eigenvalue weighted by atomic mass is 10.1. The molecule has 2 rings (SSSR count). The van der Waals surface area contributed by atoms with Gasteiger partial charge in [0.15, 0.2) is 12.6 Å². The Kier molecular flexibility index (Phi) is 7.46. The van der Waals surface area contributed by atoms with E-state index < -0.39 is 12.8 Å². The molecule has 29 heavy (non-hydrogen) atoms. The third-order valence-electron chi connectivity index (χ3n) is 4.12. The molecule has 0 amide bonds. The number of guanidine groups is 1. The van der Waals surface area contributed by atoms with Crippen LogP contribution in [0.1, 0.15) is 36.6 Å². The summed E-state index contributed by atoms with van der Waals surface area (Å²) in [6.07, 6.45) is -1.05. The van der Waals surface area contributed by atoms with Crippen LogP contribution in [0.4, 0.5) is 13.2 Å². The van der Waals surface area contributed by atoms with Gasteiger partial charge >= 0.3 is 6.18 Å². The Labute approximate surface area is 168 Å². The highest BCUT2D eigenvalue weighted by Gasteiger charge is 2.29. The Balaban J connectivity index is 2.04. The SMILES string of the molecule is CN=C(NCc1cccnc1OCC(F)(F)F)N(C)Cc1cn(C)nc1C(C)C. The minimum Gasteiger partial charge on any atom is -0.468 e. The van der Waals surface area contributed by atoms with Gasteiger partial charge in [-0.15, -0.1) is 0 Å². The summed E-state index contributed by atoms with van der Waals surface area (Å²) in [5.74, 6) is 0.831. The van der Waals surface area contributed by atoms with Crippen molar-refractivity contribution < 1.29 is 17.9 Å². The molecular weight excluding hydrogens is 385 g/mol. The number of alkyl halides is 3. The first kappa shape index (κ1) is 22.5. The summed E-state index contributed by atoms with van der Waals surface area (Å²) in [5.41, 5.74) is 2.61. The highest BCUT2D eigenvalue weighted by atomic mass is 19.4. The molecule has 0 bridgehead atoms. The van der Waals surface area contributed by atoms with Crippen molar-refractivity contribution in [1.29, 1.82) is 0 Å². The monoisotopic (exact) mass is 412 g/mol. The lowest BCUT2D eigenvalue weighted by Gasteiger charge is -2.23. The molecule has 0 saturated heterocycles. The Morgan fingerprint density at radius 3 is 2.69 bits per heavy atom. The van der Waals surface area contributed by atoms with E-state index in [-0.39, 0.29) is 12.4 Å². The van der Waals surface area contributed by atoms with Crippen molar-refractivity contribution >= 4 is 5.96 Å². The summed E-state index contributed by atoms with van der Waals surface area (Å²) < 4.78 is 43.9. The van der Waals surface area contributed by atoms with Crippen molar-refractivity contribution in [2.45, 2.75) is 39.0 Å². The van der Waals surface area contributed by atoms with E-state index >= 15 is 0 Å². The molecule has 0 aliphatic heterocycles. The standard InChI is InChI=1S/C19H27F3N6O/c1-13(2)16-15(11-28(5)26-16)10-27(4)18(23-3)25-9-14-7-6-8-24-17(14)29-12-19(20,21)22/h6-8,11,13H,9-10,12H2,1-5H3,(H,23,25). The fraction of sp³-hybridized carbons (Fsp3) is 0.526. The molecule has 7 nitrogen and oxygen atoms in total. The zero-order chi connectivity index (χ0) is 21.6. The highest BCUT2D eigenvalue weighted by molar-refractivity contribution is 5.79. The van der Waals surface area contributed by atoms with E-state index in [9.17, 15) is 13.2 Å². The van der Waals surface area contributed by atoms with E-state index in [0.717, 1.165) is 11.3 Å². The molecule has 2 heterocycles. The molecule has 2 aromatic rings. The lowest BCUT2D eigenvalue weighted by molar-refractivity contribution is -0.154. The number of nitrogens with zero attached hydrogens (tertiary/aromatic N) is 5. The van der Waals surface area contributed by atoms with Gasteiger partial charge in [-0.25, -0.2) is 4.98 Å². The van der Waals surface area contributed by atoms with Crippen molar-refractivity contribution in [3.63, 3.8) is 0 Å². The molecule has 0 aliphatic carbocycles. The number of rotatable bonds is 7. The topological polar surface area (TPSA) is 67.6 Å². The third-order valence-corrected chi connectivity index (χ3v) is 4.12. The van der Waals surface area contributed by atoms with Gasteiger partial charge in [0.2, 0.25) is 5.88 Å². The van der Waals surface area contributed by atoms with E-state index in [0.29, 0.717) is 24.0 Å². The number of aryl methyl sites for hydroxylation is 1. The number of nitrogens with one attached hydrogen (secondary N) is 1. The molecule has 0 fully saturated rings. The second-order valence-corrected chi connectivity index (χ2v) is 7.00. The first-order valence-electron chi connectivity index (χ1n) is 9.18. The lowest BCUT2D eigenvalue weighted by Crippen LogP contribution is -2.38. The molecule has 160 valence electrons. The third kappa shape index (κ3) is 6.65. The van der Waals surface area contributed by atoms with Gasteiger partial charge in [-0.1, -0.05) is 19.9 Å².